The van der Waals surface area contributed by atoms with Crippen LogP contribution in [0, 0.1) is 0 Å². The molecule has 0 radical (unpaired) electrons. The molecule has 0 spiro atoms. The zero-order valence-electron chi connectivity index (χ0n) is 18.6. The van der Waals surface area contributed by atoms with Crippen LogP contribution in [0.1, 0.15) is 19.3 Å². The quantitative estimate of drug-likeness (QED) is 0.373. The maximum absolute atomic E-state index is 6.14. The Hall–Kier alpha value is -3.32. The van der Waals surface area contributed by atoms with Crippen LogP contribution < -0.4 is 14.2 Å². The van der Waals surface area contributed by atoms with E-state index in [1.54, 1.807) is 7.11 Å². The third-order valence-corrected chi connectivity index (χ3v) is 6.03. The highest BCUT2D eigenvalue weighted by Gasteiger charge is 2.14. The fourth-order valence-corrected chi connectivity index (χ4v) is 4.31. The van der Waals surface area contributed by atoms with Gasteiger partial charge in [-0.3, -0.25) is 0 Å². The van der Waals surface area contributed by atoms with Gasteiger partial charge in [0.15, 0.2) is 11.5 Å². The van der Waals surface area contributed by atoms with Crippen molar-refractivity contribution in [1.82, 2.24) is 19.4 Å². The average Bonchev–Trinajstić information content (AvgIpc) is 3.46. The SMILES string of the molecule is COc1cc2c(Oc3ccc4c(ccn4C)c3)ncnc2cc1OCCCN1CCCC1. The number of hydrogen-bond acceptors (Lipinski definition) is 6. The minimum Gasteiger partial charge on any atom is -0.493 e. The first-order valence-corrected chi connectivity index (χ1v) is 11.1. The van der Waals surface area contributed by atoms with Crippen molar-refractivity contribution in [3.8, 4) is 23.1 Å². The molecule has 1 saturated heterocycles. The standard InChI is InChI=1S/C25H28N4O3/c1-28-12-8-18-14-19(6-7-22(18)28)32-25-20-15-23(30-2)24(16-21(20)26-17-27-25)31-13-5-11-29-9-3-4-10-29/h6-8,12,14-17H,3-5,9-11,13H2,1-2H3. The van der Waals surface area contributed by atoms with Crippen LogP contribution in [0.2, 0.25) is 0 Å². The molecule has 2 aromatic heterocycles. The van der Waals surface area contributed by atoms with E-state index in [1.165, 1.54) is 32.3 Å². The second-order valence-electron chi connectivity index (χ2n) is 8.20. The molecule has 0 unspecified atom stereocenters. The number of methoxy groups -OCH3 is 1. The van der Waals surface area contributed by atoms with Gasteiger partial charge >= 0.3 is 0 Å². The summed E-state index contributed by atoms with van der Waals surface area (Å²) in [6.07, 6.45) is 7.15. The van der Waals surface area contributed by atoms with Gasteiger partial charge in [0, 0.05) is 36.8 Å². The van der Waals surface area contributed by atoms with E-state index in [0.29, 0.717) is 24.0 Å². The Labute approximate surface area is 187 Å². The molecule has 0 aliphatic carbocycles. The second-order valence-corrected chi connectivity index (χ2v) is 8.20. The highest BCUT2D eigenvalue weighted by Crippen LogP contribution is 2.36. The molecule has 7 nitrogen and oxygen atoms in total. The fourth-order valence-electron chi connectivity index (χ4n) is 4.31. The van der Waals surface area contributed by atoms with Crippen molar-refractivity contribution in [2.45, 2.75) is 19.3 Å². The van der Waals surface area contributed by atoms with Crippen LogP contribution in [0.25, 0.3) is 21.8 Å². The van der Waals surface area contributed by atoms with Crippen LogP contribution in [0.15, 0.2) is 48.9 Å². The summed E-state index contributed by atoms with van der Waals surface area (Å²) in [7, 11) is 3.67. The van der Waals surface area contributed by atoms with Gasteiger partial charge in [-0.05, 0) is 62.7 Å². The molecule has 1 aliphatic rings. The topological polar surface area (TPSA) is 61.6 Å². The Balaban J connectivity index is 1.35. The predicted molar refractivity (Wildman–Crippen MR) is 125 cm³/mol. The van der Waals surface area contributed by atoms with E-state index in [2.05, 4.69) is 25.5 Å². The predicted octanol–water partition coefficient (Wildman–Crippen LogP) is 4.79. The molecule has 0 amide bonds. The molecule has 4 aromatic rings. The summed E-state index contributed by atoms with van der Waals surface area (Å²) >= 11 is 0. The van der Waals surface area contributed by atoms with Crippen molar-refractivity contribution in [2.24, 2.45) is 7.05 Å². The van der Waals surface area contributed by atoms with Gasteiger partial charge in [-0.1, -0.05) is 0 Å². The lowest BCUT2D eigenvalue weighted by Crippen LogP contribution is -2.21. The summed E-state index contributed by atoms with van der Waals surface area (Å²) in [5.41, 5.74) is 1.91. The van der Waals surface area contributed by atoms with E-state index in [-0.39, 0.29) is 0 Å². The Morgan fingerprint density at radius 3 is 2.72 bits per heavy atom. The highest BCUT2D eigenvalue weighted by atomic mass is 16.5. The molecule has 1 aliphatic heterocycles. The van der Waals surface area contributed by atoms with E-state index in [0.717, 1.165) is 40.5 Å². The number of benzene rings is 2. The minimum atomic E-state index is 0.490. The Bertz CT molecular complexity index is 1230. The van der Waals surface area contributed by atoms with Crippen LogP contribution >= 0.6 is 0 Å². The lowest BCUT2D eigenvalue weighted by atomic mass is 10.2. The molecule has 166 valence electrons. The number of fused-ring (bicyclic) bond motifs is 2. The lowest BCUT2D eigenvalue weighted by Gasteiger charge is -2.16. The molecule has 1 fully saturated rings. The molecule has 2 aromatic carbocycles. The van der Waals surface area contributed by atoms with Crippen LogP contribution in [0.3, 0.4) is 0 Å². The van der Waals surface area contributed by atoms with Gasteiger partial charge in [0.1, 0.15) is 12.1 Å². The summed E-state index contributed by atoms with van der Waals surface area (Å²) in [4.78, 5) is 11.3. The monoisotopic (exact) mass is 432 g/mol. The van der Waals surface area contributed by atoms with Crippen LogP contribution in [-0.2, 0) is 7.05 Å². The number of rotatable bonds is 8. The van der Waals surface area contributed by atoms with Gasteiger partial charge < -0.3 is 23.7 Å². The van der Waals surface area contributed by atoms with Gasteiger partial charge in [0.05, 0.1) is 24.6 Å². The van der Waals surface area contributed by atoms with E-state index in [4.69, 9.17) is 14.2 Å². The number of aromatic nitrogens is 3. The molecule has 32 heavy (non-hydrogen) atoms. The Kier molecular flexibility index (Phi) is 5.81. The summed E-state index contributed by atoms with van der Waals surface area (Å²) < 4.78 is 19.9. The molecule has 0 saturated carbocycles. The van der Waals surface area contributed by atoms with E-state index in [9.17, 15) is 0 Å². The molecule has 0 bridgehead atoms. The lowest BCUT2D eigenvalue weighted by molar-refractivity contribution is 0.254. The van der Waals surface area contributed by atoms with Gasteiger partial charge in [-0.15, -0.1) is 0 Å². The van der Waals surface area contributed by atoms with Gasteiger partial charge in [-0.25, -0.2) is 9.97 Å². The van der Waals surface area contributed by atoms with Crippen LogP contribution in [0.5, 0.6) is 23.1 Å². The minimum absolute atomic E-state index is 0.490. The van der Waals surface area contributed by atoms with Gasteiger partial charge in [0.25, 0.3) is 0 Å². The van der Waals surface area contributed by atoms with Crippen molar-refractivity contribution in [3.63, 3.8) is 0 Å². The first kappa shape index (κ1) is 20.6. The third-order valence-electron chi connectivity index (χ3n) is 6.03. The van der Waals surface area contributed by atoms with E-state index < -0.39 is 0 Å². The summed E-state index contributed by atoms with van der Waals surface area (Å²) in [6, 6.07) is 11.9. The number of aryl methyl sites for hydroxylation is 1. The maximum Gasteiger partial charge on any atom is 0.230 e. The number of nitrogens with zero attached hydrogens (tertiary/aromatic N) is 4. The Morgan fingerprint density at radius 2 is 1.88 bits per heavy atom. The van der Waals surface area contributed by atoms with Gasteiger partial charge in [-0.2, -0.15) is 0 Å². The first-order valence-electron chi connectivity index (χ1n) is 11.1. The molecule has 0 atom stereocenters. The molecule has 0 N–H and O–H groups in total. The molecule has 3 heterocycles. The third kappa shape index (κ3) is 4.21. The van der Waals surface area contributed by atoms with Crippen molar-refractivity contribution >= 4 is 21.8 Å². The summed E-state index contributed by atoms with van der Waals surface area (Å²) in [5.74, 6) is 2.56. The van der Waals surface area contributed by atoms with Crippen LogP contribution in [-0.4, -0.2) is 52.8 Å². The highest BCUT2D eigenvalue weighted by molar-refractivity contribution is 5.87. The summed E-state index contributed by atoms with van der Waals surface area (Å²) in [5, 5.41) is 1.90. The van der Waals surface area contributed by atoms with E-state index >= 15 is 0 Å². The van der Waals surface area contributed by atoms with E-state index in [1.807, 2.05) is 43.6 Å². The zero-order valence-corrected chi connectivity index (χ0v) is 18.6. The zero-order chi connectivity index (χ0) is 21.9. The summed E-state index contributed by atoms with van der Waals surface area (Å²) in [6.45, 7) is 4.12. The first-order chi connectivity index (χ1) is 15.7. The number of likely N-dealkylation sites (tertiary alicyclic amines) is 1. The normalized spacial score (nSPS) is 14.3. The molecule has 5 rings (SSSR count). The maximum atomic E-state index is 6.14. The molecular weight excluding hydrogens is 404 g/mol. The number of hydrogen-bond donors (Lipinski definition) is 0. The molecular formula is C25H28N4O3. The largest absolute Gasteiger partial charge is 0.493 e. The average molecular weight is 433 g/mol. The molecule has 7 heteroatoms. The fraction of sp³-hybridized carbons (Fsp3) is 0.360. The van der Waals surface area contributed by atoms with Crippen molar-refractivity contribution in [2.75, 3.05) is 33.4 Å². The Morgan fingerprint density at radius 1 is 1.00 bits per heavy atom. The second kappa shape index (κ2) is 9.04. The van der Waals surface area contributed by atoms with Gasteiger partial charge in [0.2, 0.25) is 5.88 Å². The smallest absolute Gasteiger partial charge is 0.230 e. The number of ether oxygens (including phenoxy) is 3. The van der Waals surface area contributed by atoms with Crippen molar-refractivity contribution < 1.29 is 14.2 Å². The van der Waals surface area contributed by atoms with Crippen LogP contribution in [0.4, 0.5) is 0 Å². The van der Waals surface area contributed by atoms with Crippen molar-refractivity contribution in [1.29, 1.82) is 0 Å². The van der Waals surface area contributed by atoms with Crippen molar-refractivity contribution in [3.05, 3.63) is 48.9 Å².